The summed E-state index contributed by atoms with van der Waals surface area (Å²) in [7, 11) is 0. The van der Waals surface area contributed by atoms with Gasteiger partial charge in [0.15, 0.2) is 0 Å². The molecule has 5 rings (SSSR count). The number of carbonyl (C=O) groups excluding carboxylic acids is 3. The lowest BCUT2D eigenvalue weighted by molar-refractivity contribution is -0.136. The van der Waals surface area contributed by atoms with E-state index < -0.39 is 6.04 Å². The number of benzene rings is 1. The molecule has 3 atom stereocenters. The van der Waals surface area contributed by atoms with Crippen LogP contribution in [0.5, 0.6) is 0 Å². The van der Waals surface area contributed by atoms with Crippen LogP contribution in [-0.4, -0.2) is 48.3 Å². The second-order valence-corrected chi connectivity index (χ2v) is 8.17. The van der Waals surface area contributed by atoms with Gasteiger partial charge in [0.25, 0.3) is 5.91 Å². The third-order valence-electron chi connectivity index (χ3n) is 6.57. The maximum absolute atomic E-state index is 12.8. The largest absolute Gasteiger partial charge is 0.322 e. The van der Waals surface area contributed by atoms with Crippen molar-refractivity contribution < 1.29 is 14.4 Å². The molecule has 3 unspecified atom stereocenters. The Morgan fingerprint density at radius 2 is 1.96 bits per heavy atom. The summed E-state index contributed by atoms with van der Waals surface area (Å²) in [5.74, 6) is 1.76. The molecule has 1 aromatic rings. The minimum absolute atomic E-state index is 0.107. The maximum Gasteiger partial charge on any atom is 0.255 e. The quantitative estimate of drug-likeness (QED) is 0.637. The number of piperidine rings is 2. The number of hydrogen-bond acceptors (Lipinski definition) is 5. The van der Waals surface area contributed by atoms with Crippen molar-refractivity contribution in [3.63, 3.8) is 0 Å². The molecule has 0 bridgehead atoms. The third-order valence-corrected chi connectivity index (χ3v) is 6.57. The smallest absolute Gasteiger partial charge is 0.255 e. The van der Waals surface area contributed by atoms with Crippen LogP contribution >= 0.6 is 0 Å². The molecule has 3 heterocycles. The number of fused-ring (bicyclic) bond motifs is 2. The fourth-order valence-corrected chi connectivity index (χ4v) is 4.94. The topological polar surface area (TPSA) is 90.5 Å². The first-order valence-corrected chi connectivity index (χ1v) is 9.79. The molecule has 3 fully saturated rings. The Balaban J connectivity index is 1.21. The Bertz CT molecular complexity index is 813. The van der Waals surface area contributed by atoms with E-state index in [-0.39, 0.29) is 24.1 Å². The Morgan fingerprint density at radius 1 is 1.15 bits per heavy atom. The minimum Gasteiger partial charge on any atom is -0.322 e. The number of nitrogens with zero attached hydrogens (tertiary/aromatic N) is 1. The van der Waals surface area contributed by atoms with Crippen LogP contribution in [0, 0.1) is 17.8 Å². The molecule has 1 aromatic carbocycles. The van der Waals surface area contributed by atoms with Crippen LogP contribution in [0.4, 0.5) is 0 Å². The van der Waals surface area contributed by atoms with Crippen molar-refractivity contribution in [1.29, 1.82) is 0 Å². The van der Waals surface area contributed by atoms with Crippen molar-refractivity contribution in [2.45, 2.75) is 32.0 Å². The molecule has 3 N–H and O–H groups in total. The summed E-state index contributed by atoms with van der Waals surface area (Å²) in [6.45, 7) is 4.53. The van der Waals surface area contributed by atoms with Crippen molar-refractivity contribution in [2.24, 2.45) is 17.8 Å². The zero-order valence-corrected chi connectivity index (χ0v) is 15.2. The van der Waals surface area contributed by atoms with Gasteiger partial charge in [0, 0.05) is 25.1 Å². The highest BCUT2D eigenvalue weighted by molar-refractivity contribution is 6.05. The van der Waals surface area contributed by atoms with E-state index in [0.717, 1.165) is 55.1 Å². The van der Waals surface area contributed by atoms with Crippen molar-refractivity contribution >= 4 is 17.7 Å². The molecule has 3 aliphatic heterocycles. The van der Waals surface area contributed by atoms with Gasteiger partial charge in [-0.15, -0.1) is 0 Å². The van der Waals surface area contributed by atoms with E-state index in [1.807, 2.05) is 12.1 Å². The van der Waals surface area contributed by atoms with Crippen molar-refractivity contribution in [3.05, 3.63) is 34.9 Å². The number of hydrogen-bond donors (Lipinski definition) is 3. The van der Waals surface area contributed by atoms with Gasteiger partial charge in [-0.2, -0.15) is 0 Å². The first-order valence-electron chi connectivity index (χ1n) is 9.79. The van der Waals surface area contributed by atoms with E-state index in [1.165, 1.54) is 0 Å². The molecule has 4 aliphatic rings. The fourth-order valence-electron chi connectivity index (χ4n) is 4.94. The summed E-state index contributed by atoms with van der Waals surface area (Å²) in [4.78, 5) is 37.9. The van der Waals surface area contributed by atoms with Crippen LogP contribution in [-0.2, 0) is 22.7 Å². The predicted molar refractivity (Wildman–Crippen MR) is 97.5 cm³/mol. The lowest BCUT2D eigenvalue weighted by Crippen LogP contribution is -2.52. The normalized spacial score (nSPS) is 31.7. The number of imide groups is 1. The highest BCUT2D eigenvalue weighted by Gasteiger charge is 2.51. The number of nitrogens with one attached hydrogen (secondary N) is 3. The molecule has 142 valence electrons. The van der Waals surface area contributed by atoms with E-state index >= 15 is 0 Å². The standard InChI is InChI=1S/C20H24N4O3/c25-18-4-3-17(19(26)23-18)24-10-12-2-1-11(5-13(12)20(24)27)6-21-7-14-15-8-22-9-16(14)15/h1-2,5,14-17,21-22H,3-4,6-10H2,(H,23,25,26). The summed E-state index contributed by atoms with van der Waals surface area (Å²) in [5, 5.41) is 9.28. The zero-order valence-electron chi connectivity index (χ0n) is 15.2. The first kappa shape index (κ1) is 16.9. The van der Waals surface area contributed by atoms with E-state index in [9.17, 15) is 14.4 Å². The first-order chi connectivity index (χ1) is 13.1. The molecule has 2 saturated heterocycles. The van der Waals surface area contributed by atoms with Gasteiger partial charge in [-0.3, -0.25) is 19.7 Å². The molecule has 1 aliphatic carbocycles. The minimum atomic E-state index is -0.549. The van der Waals surface area contributed by atoms with E-state index in [0.29, 0.717) is 18.5 Å². The second-order valence-electron chi connectivity index (χ2n) is 8.17. The average molecular weight is 368 g/mol. The molecule has 7 heteroatoms. The highest BCUT2D eigenvalue weighted by Crippen LogP contribution is 2.48. The summed E-state index contributed by atoms with van der Waals surface area (Å²) < 4.78 is 0. The van der Waals surface area contributed by atoms with Gasteiger partial charge >= 0.3 is 0 Å². The Labute approximate surface area is 157 Å². The third kappa shape index (κ3) is 2.95. The zero-order chi connectivity index (χ0) is 18.5. The van der Waals surface area contributed by atoms with Crippen LogP contribution in [0.1, 0.15) is 34.3 Å². The van der Waals surface area contributed by atoms with Crippen LogP contribution in [0.25, 0.3) is 0 Å². The molecule has 0 aromatic heterocycles. The Hall–Kier alpha value is -2.25. The SMILES string of the molecule is O=C1CCC(N2Cc3ccc(CNCC4C5CNCC45)cc3C2=O)C(=O)N1. The molecule has 0 spiro atoms. The fraction of sp³-hybridized carbons (Fsp3) is 0.550. The summed E-state index contributed by atoms with van der Waals surface area (Å²) in [6, 6.07) is 5.45. The van der Waals surface area contributed by atoms with Gasteiger partial charge in [0.05, 0.1) is 0 Å². The van der Waals surface area contributed by atoms with Crippen molar-refractivity contribution in [3.8, 4) is 0 Å². The van der Waals surface area contributed by atoms with Crippen molar-refractivity contribution in [2.75, 3.05) is 19.6 Å². The molecular weight excluding hydrogens is 344 g/mol. The van der Waals surface area contributed by atoms with Gasteiger partial charge in [-0.1, -0.05) is 12.1 Å². The summed E-state index contributed by atoms with van der Waals surface area (Å²) in [6.07, 6.45) is 0.682. The average Bonchev–Trinajstić information content (AvgIpc) is 2.98. The molecule has 1 saturated carbocycles. The predicted octanol–water partition coefficient (Wildman–Crippen LogP) is 0.00260. The van der Waals surface area contributed by atoms with E-state index in [2.05, 4.69) is 22.0 Å². The number of carbonyl (C=O) groups is 3. The molecule has 3 amide bonds. The van der Waals surface area contributed by atoms with Crippen LogP contribution in [0.3, 0.4) is 0 Å². The summed E-state index contributed by atoms with van der Waals surface area (Å²) in [5.41, 5.74) is 2.74. The summed E-state index contributed by atoms with van der Waals surface area (Å²) >= 11 is 0. The number of amides is 3. The van der Waals surface area contributed by atoms with Gasteiger partial charge in [0.2, 0.25) is 11.8 Å². The Morgan fingerprint density at radius 3 is 2.74 bits per heavy atom. The van der Waals surface area contributed by atoms with E-state index in [1.54, 1.807) is 4.90 Å². The lowest BCUT2D eigenvalue weighted by Gasteiger charge is -2.29. The van der Waals surface area contributed by atoms with Gasteiger partial charge in [0.1, 0.15) is 6.04 Å². The lowest BCUT2D eigenvalue weighted by atomic mass is 10.0. The van der Waals surface area contributed by atoms with Gasteiger partial charge in [-0.05, 0) is 61.0 Å². The van der Waals surface area contributed by atoms with Crippen LogP contribution < -0.4 is 16.0 Å². The number of rotatable bonds is 5. The van der Waals surface area contributed by atoms with Gasteiger partial charge in [-0.25, -0.2) is 0 Å². The second kappa shape index (κ2) is 6.42. The molecule has 0 radical (unpaired) electrons. The van der Waals surface area contributed by atoms with Crippen LogP contribution in [0.15, 0.2) is 18.2 Å². The molecular formula is C20H24N4O3. The molecule has 7 nitrogen and oxygen atoms in total. The monoisotopic (exact) mass is 368 g/mol. The van der Waals surface area contributed by atoms with Crippen molar-refractivity contribution in [1.82, 2.24) is 20.9 Å². The van der Waals surface area contributed by atoms with Crippen LogP contribution in [0.2, 0.25) is 0 Å². The molecule has 27 heavy (non-hydrogen) atoms. The maximum atomic E-state index is 12.8. The van der Waals surface area contributed by atoms with E-state index in [4.69, 9.17) is 0 Å². The highest BCUT2D eigenvalue weighted by atomic mass is 16.2. The van der Waals surface area contributed by atoms with Gasteiger partial charge < -0.3 is 15.5 Å². The Kier molecular flexibility index (Phi) is 4.02.